The van der Waals surface area contributed by atoms with Crippen LogP contribution in [-0.2, 0) is 6.42 Å². The lowest BCUT2D eigenvalue weighted by Gasteiger charge is -2.15. The van der Waals surface area contributed by atoms with Gasteiger partial charge in [0.2, 0.25) is 0 Å². The van der Waals surface area contributed by atoms with Crippen LogP contribution in [0.15, 0.2) is 24.3 Å². The molecular formula is C19H21N3O4. The van der Waals surface area contributed by atoms with Gasteiger partial charge in [0, 0.05) is 5.56 Å². The maximum Gasteiger partial charge on any atom is 0.321 e. The largest absolute Gasteiger partial charge is 0.496 e. The van der Waals surface area contributed by atoms with E-state index in [2.05, 4.69) is 5.10 Å². The molecular weight excluding hydrogens is 334 g/mol. The van der Waals surface area contributed by atoms with E-state index in [1.807, 2.05) is 39.0 Å². The predicted molar refractivity (Wildman–Crippen MR) is 99.2 cm³/mol. The number of rotatable bonds is 5. The van der Waals surface area contributed by atoms with Crippen molar-refractivity contribution in [2.24, 2.45) is 0 Å². The monoisotopic (exact) mass is 355 g/mol. The minimum Gasteiger partial charge on any atom is -0.496 e. The summed E-state index contributed by atoms with van der Waals surface area (Å²) < 4.78 is 12.5. The highest BCUT2D eigenvalue weighted by atomic mass is 16.6. The first-order valence-corrected chi connectivity index (χ1v) is 8.31. The topological polar surface area (TPSA) is 78.9 Å². The molecule has 136 valence electrons. The molecule has 0 radical (unpaired) electrons. The van der Waals surface area contributed by atoms with Gasteiger partial charge in [-0.25, -0.2) is 4.52 Å². The van der Waals surface area contributed by atoms with Crippen molar-refractivity contribution in [2.45, 2.75) is 27.2 Å². The number of nitrogens with zero attached hydrogens (tertiary/aromatic N) is 3. The van der Waals surface area contributed by atoms with Crippen LogP contribution in [0.4, 0.5) is 5.69 Å². The minimum absolute atomic E-state index is 0.0186. The summed E-state index contributed by atoms with van der Waals surface area (Å²) in [7, 11) is 3.11. The average Bonchev–Trinajstić information content (AvgIpc) is 3.00. The van der Waals surface area contributed by atoms with Gasteiger partial charge in [-0.15, -0.1) is 0 Å². The van der Waals surface area contributed by atoms with Gasteiger partial charge in [-0.1, -0.05) is 13.0 Å². The fraction of sp³-hybridized carbons (Fsp3) is 0.316. The third kappa shape index (κ3) is 2.65. The molecule has 26 heavy (non-hydrogen) atoms. The van der Waals surface area contributed by atoms with Crippen LogP contribution in [-0.4, -0.2) is 28.8 Å². The van der Waals surface area contributed by atoms with E-state index in [0.717, 1.165) is 22.4 Å². The van der Waals surface area contributed by atoms with Crippen LogP contribution in [0.3, 0.4) is 0 Å². The first-order valence-electron chi connectivity index (χ1n) is 8.31. The Kier molecular flexibility index (Phi) is 4.54. The SMILES string of the molecule is CCc1nn2c(-c3c(C)cc(C)cc3OC)ccc(OC)c2c1[N+](=O)[O-]. The third-order valence-electron chi connectivity index (χ3n) is 4.44. The summed E-state index contributed by atoms with van der Waals surface area (Å²) in [5.74, 6) is 1.11. The van der Waals surface area contributed by atoms with Crippen molar-refractivity contribution in [2.75, 3.05) is 14.2 Å². The molecule has 7 heteroatoms. The molecule has 0 bridgehead atoms. The fourth-order valence-electron chi connectivity index (χ4n) is 3.36. The Hall–Kier alpha value is -3.09. The summed E-state index contributed by atoms with van der Waals surface area (Å²) in [5.41, 5.74) is 4.41. The quantitative estimate of drug-likeness (QED) is 0.508. The van der Waals surface area contributed by atoms with E-state index in [9.17, 15) is 10.1 Å². The highest BCUT2D eigenvalue weighted by molar-refractivity contribution is 5.82. The van der Waals surface area contributed by atoms with Gasteiger partial charge < -0.3 is 9.47 Å². The van der Waals surface area contributed by atoms with Crippen molar-refractivity contribution in [1.82, 2.24) is 9.61 Å². The molecule has 3 rings (SSSR count). The van der Waals surface area contributed by atoms with Crippen molar-refractivity contribution in [3.05, 3.63) is 51.2 Å². The first kappa shape index (κ1) is 17.7. The first-order chi connectivity index (χ1) is 12.4. The molecule has 0 aliphatic rings. The van der Waals surface area contributed by atoms with Gasteiger partial charge in [-0.05, 0) is 49.6 Å². The summed E-state index contributed by atoms with van der Waals surface area (Å²) in [5, 5.41) is 16.2. The van der Waals surface area contributed by atoms with Gasteiger partial charge >= 0.3 is 5.69 Å². The van der Waals surface area contributed by atoms with Crippen molar-refractivity contribution < 1.29 is 14.4 Å². The van der Waals surface area contributed by atoms with Crippen molar-refractivity contribution >= 4 is 11.2 Å². The zero-order valence-electron chi connectivity index (χ0n) is 15.5. The van der Waals surface area contributed by atoms with Gasteiger partial charge in [0.05, 0.1) is 24.8 Å². The highest BCUT2D eigenvalue weighted by Gasteiger charge is 2.28. The Morgan fingerprint density at radius 2 is 1.85 bits per heavy atom. The molecule has 0 N–H and O–H groups in total. The van der Waals surface area contributed by atoms with Gasteiger partial charge in [-0.2, -0.15) is 5.10 Å². The van der Waals surface area contributed by atoms with E-state index < -0.39 is 4.92 Å². The Morgan fingerprint density at radius 1 is 1.15 bits per heavy atom. The smallest absolute Gasteiger partial charge is 0.321 e. The molecule has 2 heterocycles. The number of fused-ring (bicyclic) bond motifs is 1. The summed E-state index contributed by atoms with van der Waals surface area (Å²) >= 11 is 0. The summed E-state index contributed by atoms with van der Waals surface area (Å²) in [6.45, 7) is 5.83. The van der Waals surface area contributed by atoms with Gasteiger partial charge in [0.1, 0.15) is 11.4 Å². The lowest BCUT2D eigenvalue weighted by Crippen LogP contribution is -2.01. The van der Waals surface area contributed by atoms with Crippen LogP contribution in [0.5, 0.6) is 11.5 Å². The average molecular weight is 355 g/mol. The van der Waals surface area contributed by atoms with Gasteiger partial charge in [-0.3, -0.25) is 10.1 Å². The molecule has 0 aliphatic heterocycles. The molecule has 0 amide bonds. The molecule has 0 saturated carbocycles. The molecule has 0 atom stereocenters. The molecule has 0 fully saturated rings. The van der Waals surface area contributed by atoms with Gasteiger partial charge in [0.25, 0.3) is 0 Å². The van der Waals surface area contributed by atoms with Gasteiger partial charge in [0.15, 0.2) is 11.3 Å². The molecule has 3 aromatic rings. The van der Waals surface area contributed by atoms with E-state index >= 15 is 0 Å². The standard InChI is InChI=1S/C19H21N3O4/c1-6-13-18(22(23)24)19-15(25-4)8-7-14(21(19)20-13)17-12(3)9-11(2)10-16(17)26-5/h7-10H,6H2,1-5H3. The highest BCUT2D eigenvalue weighted by Crippen LogP contribution is 2.40. The van der Waals surface area contributed by atoms with Crippen molar-refractivity contribution in [3.63, 3.8) is 0 Å². The van der Waals surface area contributed by atoms with Crippen LogP contribution in [0.2, 0.25) is 0 Å². The maximum atomic E-state index is 11.7. The van der Waals surface area contributed by atoms with E-state index in [-0.39, 0.29) is 5.69 Å². The number of hydrogen-bond donors (Lipinski definition) is 0. The molecule has 0 spiro atoms. The number of aromatic nitrogens is 2. The number of hydrogen-bond acceptors (Lipinski definition) is 5. The van der Waals surface area contributed by atoms with Crippen LogP contribution in [0.1, 0.15) is 23.7 Å². The molecule has 1 aromatic carbocycles. The zero-order chi connectivity index (χ0) is 19.0. The maximum absolute atomic E-state index is 11.7. The Morgan fingerprint density at radius 3 is 2.42 bits per heavy atom. The molecule has 0 unspecified atom stereocenters. The number of pyridine rings is 1. The number of ether oxygens (including phenoxy) is 2. The Bertz CT molecular complexity index is 1010. The normalized spacial score (nSPS) is 11.0. The number of benzene rings is 1. The predicted octanol–water partition coefficient (Wildman–Crippen LogP) is 4.11. The van der Waals surface area contributed by atoms with E-state index in [4.69, 9.17) is 9.47 Å². The minimum atomic E-state index is -0.396. The third-order valence-corrected chi connectivity index (χ3v) is 4.44. The Labute approximate surface area is 151 Å². The van der Waals surface area contributed by atoms with E-state index in [1.54, 1.807) is 17.7 Å². The summed E-state index contributed by atoms with van der Waals surface area (Å²) in [6, 6.07) is 7.57. The summed E-state index contributed by atoms with van der Waals surface area (Å²) in [4.78, 5) is 11.3. The molecule has 7 nitrogen and oxygen atoms in total. The second-order valence-corrected chi connectivity index (χ2v) is 6.11. The number of methoxy groups -OCH3 is 2. The second kappa shape index (κ2) is 6.67. The van der Waals surface area contributed by atoms with E-state index in [0.29, 0.717) is 29.1 Å². The lowest BCUT2D eigenvalue weighted by atomic mass is 10.0. The lowest BCUT2D eigenvalue weighted by molar-refractivity contribution is -0.383. The number of nitro groups is 1. The molecule has 2 aromatic heterocycles. The van der Waals surface area contributed by atoms with Crippen LogP contribution >= 0.6 is 0 Å². The number of aryl methyl sites for hydroxylation is 3. The fourth-order valence-corrected chi connectivity index (χ4v) is 3.36. The van der Waals surface area contributed by atoms with Crippen molar-refractivity contribution in [1.29, 1.82) is 0 Å². The van der Waals surface area contributed by atoms with Crippen LogP contribution in [0, 0.1) is 24.0 Å². The summed E-state index contributed by atoms with van der Waals surface area (Å²) in [6.07, 6.45) is 0.449. The zero-order valence-corrected chi connectivity index (χ0v) is 15.5. The van der Waals surface area contributed by atoms with E-state index in [1.165, 1.54) is 7.11 Å². The molecule has 0 saturated heterocycles. The van der Waals surface area contributed by atoms with Crippen LogP contribution < -0.4 is 9.47 Å². The van der Waals surface area contributed by atoms with Crippen LogP contribution in [0.25, 0.3) is 16.8 Å². The second-order valence-electron chi connectivity index (χ2n) is 6.11. The molecule has 0 aliphatic carbocycles. The van der Waals surface area contributed by atoms with Crippen molar-refractivity contribution in [3.8, 4) is 22.8 Å². The Balaban J connectivity index is 2.46.